The van der Waals surface area contributed by atoms with Gasteiger partial charge in [-0.25, -0.2) is 0 Å². The number of rotatable bonds is 1. The first kappa shape index (κ1) is 19.0. The van der Waals surface area contributed by atoms with Gasteiger partial charge in [-0.1, -0.05) is 37.6 Å². The Kier molecular flexibility index (Phi) is 7.93. The summed E-state index contributed by atoms with van der Waals surface area (Å²) in [6, 6.07) is 0. The third-order valence-corrected chi connectivity index (χ3v) is 4.26. The van der Waals surface area contributed by atoms with E-state index in [1.807, 2.05) is 19.1 Å². The lowest BCUT2D eigenvalue weighted by Crippen LogP contribution is -2.27. The maximum atomic E-state index is 10.5. The van der Waals surface area contributed by atoms with Gasteiger partial charge in [0.1, 0.15) is 0 Å². The van der Waals surface area contributed by atoms with Gasteiger partial charge in [0.05, 0.1) is 11.7 Å². The van der Waals surface area contributed by atoms with E-state index >= 15 is 0 Å². The van der Waals surface area contributed by atoms with Crippen LogP contribution in [0.2, 0.25) is 0 Å². The highest BCUT2D eigenvalue weighted by Gasteiger charge is 2.21. The molecule has 0 amide bonds. The molecule has 0 aliphatic heterocycles. The van der Waals surface area contributed by atoms with Crippen LogP contribution in [0.3, 0.4) is 0 Å². The third kappa shape index (κ3) is 7.82. The molecule has 22 heavy (non-hydrogen) atoms. The first-order valence-electron chi connectivity index (χ1n) is 8.53. The van der Waals surface area contributed by atoms with Crippen LogP contribution in [0.25, 0.3) is 0 Å². The number of allylic oxidation sites excluding steroid dienone is 2. The first-order valence-corrected chi connectivity index (χ1v) is 8.53. The molecule has 3 atom stereocenters. The Morgan fingerprint density at radius 2 is 1.95 bits per heavy atom. The highest BCUT2D eigenvalue weighted by molar-refractivity contribution is 5.09. The van der Waals surface area contributed by atoms with Gasteiger partial charge in [0, 0.05) is 19.3 Å². The van der Waals surface area contributed by atoms with Gasteiger partial charge in [-0.3, -0.25) is 0 Å². The molecule has 0 saturated carbocycles. The quantitative estimate of drug-likeness (QED) is 0.562. The second kappa shape index (κ2) is 9.18. The third-order valence-electron chi connectivity index (χ3n) is 4.26. The minimum absolute atomic E-state index is 0.335. The molecule has 0 heterocycles. The van der Waals surface area contributed by atoms with Gasteiger partial charge in [0.15, 0.2) is 0 Å². The highest BCUT2D eigenvalue weighted by Crippen LogP contribution is 2.23. The summed E-state index contributed by atoms with van der Waals surface area (Å²) < 4.78 is 0. The largest absolute Gasteiger partial charge is 0.389 e. The summed E-state index contributed by atoms with van der Waals surface area (Å²) in [6.45, 7) is 8.21. The van der Waals surface area contributed by atoms with E-state index in [0.29, 0.717) is 18.3 Å². The van der Waals surface area contributed by atoms with E-state index in [2.05, 4.69) is 31.8 Å². The second-order valence-electron chi connectivity index (χ2n) is 7.15. The summed E-state index contributed by atoms with van der Waals surface area (Å²) in [6.07, 6.45) is 10.4. The van der Waals surface area contributed by atoms with Crippen LogP contribution < -0.4 is 0 Å². The van der Waals surface area contributed by atoms with Crippen LogP contribution in [0.4, 0.5) is 0 Å². The standard InChI is InChI=1S/C20H32O2/c1-16(2)18-11-9-7-5-6-8-10-17(3)14-19(21)15-20(4,22)13-12-18/h12-14,16,18-19,21-22H,6,8-11,15H2,1-4H3/b13-12+,17-14+. The van der Waals surface area contributed by atoms with Crippen molar-refractivity contribution in [2.24, 2.45) is 11.8 Å². The summed E-state index contributed by atoms with van der Waals surface area (Å²) in [5.41, 5.74) is 0.193. The average Bonchev–Trinajstić information content (AvgIpc) is 2.38. The molecule has 0 spiro atoms. The summed E-state index contributed by atoms with van der Waals surface area (Å²) in [4.78, 5) is 0. The van der Waals surface area contributed by atoms with Gasteiger partial charge in [0.2, 0.25) is 0 Å². The van der Waals surface area contributed by atoms with Crippen LogP contribution in [-0.2, 0) is 0 Å². The molecule has 0 bridgehead atoms. The number of hydrogen-bond donors (Lipinski definition) is 2. The lowest BCUT2D eigenvalue weighted by Gasteiger charge is -2.23. The Balaban J connectivity index is 2.89. The molecule has 0 radical (unpaired) electrons. The summed E-state index contributed by atoms with van der Waals surface area (Å²) >= 11 is 0. The predicted octanol–water partition coefficient (Wildman–Crippen LogP) is 4.23. The Labute approximate surface area is 136 Å². The van der Waals surface area contributed by atoms with Gasteiger partial charge < -0.3 is 10.2 Å². The van der Waals surface area contributed by atoms with Crippen LogP contribution in [0, 0.1) is 23.7 Å². The second-order valence-corrected chi connectivity index (χ2v) is 7.15. The lowest BCUT2D eigenvalue weighted by molar-refractivity contribution is 0.0565. The fourth-order valence-corrected chi connectivity index (χ4v) is 2.82. The van der Waals surface area contributed by atoms with Gasteiger partial charge in [0.25, 0.3) is 0 Å². The van der Waals surface area contributed by atoms with E-state index in [-0.39, 0.29) is 0 Å². The minimum Gasteiger partial charge on any atom is -0.389 e. The Morgan fingerprint density at radius 3 is 2.64 bits per heavy atom. The molecular formula is C20H32O2. The van der Waals surface area contributed by atoms with Gasteiger partial charge in [-0.15, -0.1) is 11.8 Å². The zero-order valence-corrected chi connectivity index (χ0v) is 14.6. The Morgan fingerprint density at radius 1 is 1.27 bits per heavy atom. The molecule has 124 valence electrons. The molecule has 2 heteroatoms. The molecular weight excluding hydrogens is 272 g/mol. The highest BCUT2D eigenvalue weighted by atomic mass is 16.3. The molecule has 0 saturated heterocycles. The van der Waals surface area contributed by atoms with Gasteiger partial charge >= 0.3 is 0 Å². The molecule has 0 fully saturated rings. The van der Waals surface area contributed by atoms with E-state index in [4.69, 9.17) is 0 Å². The summed E-state index contributed by atoms with van der Waals surface area (Å²) in [5.74, 6) is 7.46. The zero-order valence-electron chi connectivity index (χ0n) is 14.6. The van der Waals surface area contributed by atoms with Crippen molar-refractivity contribution in [3.8, 4) is 11.8 Å². The van der Waals surface area contributed by atoms with Crippen molar-refractivity contribution in [1.29, 1.82) is 0 Å². The molecule has 2 nitrogen and oxygen atoms in total. The zero-order chi connectivity index (χ0) is 16.6. The van der Waals surface area contributed by atoms with E-state index in [1.54, 1.807) is 6.92 Å². The smallest absolute Gasteiger partial charge is 0.0827 e. The van der Waals surface area contributed by atoms with Crippen LogP contribution in [0.5, 0.6) is 0 Å². The molecule has 0 aromatic heterocycles. The van der Waals surface area contributed by atoms with E-state index < -0.39 is 11.7 Å². The normalized spacial score (nSPS) is 35.5. The van der Waals surface area contributed by atoms with Crippen LogP contribution >= 0.6 is 0 Å². The molecule has 0 aromatic carbocycles. The summed E-state index contributed by atoms with van der Waals surface area (Å²) in [5, 5.41) is 20.6. The van der Waals surface area contributed by atoms with Crippen LogP contribution in [-0.4, -0.2) is 21.9 Å². The Bertz CT molecular complexity index is 446. The molecule has 1 aliphatic rings. The molecule has 0 aromatic rings. The van der Waals surface area contributed by atoms with E-state index in [0.717, 1.165) is 32.1 Å². The van der Waals surface area contributed by atoms with Crippen molar-refractivity contribution in [2.45, 2.75) is 77.9 Å². The molecule has 1 rings (SSSR count). The maximum Gasteiger partial charge on any atom is 0.0827 e. The SMILES string of the molecule is C/C1=C\C(O)CC(C)(O)/C=C/C(C(C)C)CCC#CCCC1. The topological polar surface area (TPSA) is 40.5 Å². The number of aliphatic hydroxyl groups excluding tert-OH is 1. The van der Waals surface area contributed by atoms with Crippen molar-refractivity contribution in [3.05, 3.63) is 23.8 Å². The molecule has 3 unspecified atom stereocenters. The number of aliphatic hydroxyl groups is 2. The molecule has 1 aliphatic carbocycles. The van der Waals surface area contributed by atoms with Crippen LogP contribution in [0.15, 0.2) is 23.8 Å². The van der Waals surface area contributed by atoms with E-state index in [1.165, 1.54) is 5.57 Å². The van der Waals surface area contributed by atoms with Crippen molar-refractivity contribution >= 4 is 0 Å². The first-order chi connectivity index (χ1) is 10.3. The predicted molar refractivity (Wildman–Crippen MR) is 93.3 cm³/mol. The van der Waals surface area contributed by atoms with Gasteiger partial charge in [-0.2, -0.15) is 0 Å². The Hall–Kier alpha value is -1.04. The maximum absolute atomic E-state index is 10.5. The van der Waals surface area contributed by atoms with Crippen molar-refractivity contribution < 1.29 is 10.2 Å². The van der Waals surface area contributed by atoms with Crippen LogP contribution in [0.1, 0.15) is 66.2 Å². The van der Waals surface area contributed by atoms with Crippen molar-refractivity contribution in [1.82, 2.24) is 0 Å². The minimum atomic E-state index is -0.977. The lowest BCUT2D eigenvalue weighted by atomic mass is 9.88. The fraction of sp³-hybridized carbons (Fsp3) is 0.700. The summed E-state index contributed by atoms with van der Waals surface area (Å²) in [7, 11) is 0. The van der Waals surface area contributed by atoms with E-state index in [9.17, 15) is 10.2 Å². The molecule has 2 N–H and O–H groups in total. The number of hydrogen-bond acceptors (Lipinski definition) is 2. The average molecular weight is 304 g/mol. The van der Waals surface area contributed by atoms with Crippen molar-refractivity contribution in [2.75, 3.05) is 0 Å². The fourth-order valence-electron chi connectivity index (χ4n) is 2.82. The monoisotopic (exact) mass is 304 g/mol. The van der Waals surface area contributed by atoms with Gasteiger partial charge in [-0.05, 0) is 44.9 Å². The van der Waals surface area contributed by atoms with Crippen molar-refractivity contribution in [3.63, 3.8) is 0 Å².